The van der Waals surface area contributed by atoms with Gasteiger partial charge < -0.3 is 14.2 Å². The second kappa shape index (κ2) is 3.05. The lowest BCUT2D eigenvalue weighted by atomic mass is 9.97. The van der Waals surface area contributed by atoms with Gasteiger partial charge in [0.05, 0.1) is 31.5 Å². The van der Waals surface area contributed by atoms with E-state index in [0.29, 0.717) is 30.0 Å². The van der Waals surface area contributed by atoms with E-state index in [4.69, 9.17) is 14.2 Å². The highest BCUT2D eigenvalue weighted by atomic mass is 28.1. The SMILES string of the molecule is [Si]C1CC2OC1CC2OCC1CO1. The van der Waals surface area contributed by atoms with Crippen molar-refractivity contribution in [3.63, 3.8) is 0 Å². The smallest absolute Gasteiger partial charge is 0.104 e. The number of fused-ring (bicyclic) bond motifs is 2. The van der Waals surface area contributed by atoms with Crippen LogP contribution in [0.25, 0.3) is 0 Å². The third-order valence-corrected chi connectivity index (χ3v) is 3.67. The molecule has 3 aliphatic rings. The lowest BCUT2D eigenvalue weighted by molar-refractivity contribution is -0.00636. The molecule has 3 radical (unpaired) electrons. The molecule has 3 rings (SSSR count). The van der Waals surface area contributed by atoms with Gasteiger partial charge in [0.25, 0.3) is 0 Å². The van der Waals surface area contributed by atoms with Gasteiger partial charge in [0.2, 0.25) is 0 Å². The molecule has 3 heterocycles. The van der Waals surface area contributed by atoms with E-state index in [2.05, 4.69) is 10.2 Å². The first kappa shape index (κ1) is 8.41. The van der Waals surface area contributed by atoms with Crippen LogP contribution in [0.15, 0.2) is 0 Å². The van der Waals surface area contributed by atoms with E-state index < -0.39 is 0 Å². The minimum absolute atomic E-state index is 0.321. The van der Waals surface area contributed by atoms with Crippen molar-refractivity contribution >= 4 is 10.2 Å². The summed E-state index contributed by atoms with van der Waals surface area (Å²) in [5, 5.41) is 0. The van der Waals surface area contributed by atoms with Gasteiger partial charge in [0.15, 0.2) is 0 Å². The lowest BCUT2D eigenvalue weighted by Crippen LogP contribution is -2.29. The average molecular weight is 197 g/mol. The van der Waals surface area contributed by atoms with E-state index in [1.54, 1.807) is 0 Å². The molecule has 0 aliphatic carbocycles. The minimum atomic E-state index is 0.321. The van der Waals surface area contributed by atoms with Crippen LogP contribution in [0, 0.1) is 0 Å². The molecule has 3 saturated heterocycles. The van der Waals surface area contributed by atoms with Gasteiger partial charge in [-0.2, -0.15) is 0 Å². The van der Waals surface area contributed by atoms with Gasteiger partial charge in [-0.15, -0.1) is 0 Å². The fourth-order valence-corrected chi connectivity index (χ4v) is 2.63. The number of epoxide rings is 1. The highest BCUT2D eigenvalue weighted by Gasteiger charge is 2.46. The molecule has 0 saturated carbocycles. The van der Waals surface area contributed by atoms with Gasteiger partial charge in [0, 0.05) is 16.7 Å². The molecular formula is C9H13O3Si. The van der Waals surface area contributed by atoms with Gasteiger partial charge in [0.1, 0.15) is 6.10 Å². The van der Waals surface area contributed by atoms with Crippen LogP contribution in [0.1, 0.15) is 12.8 Å². The molecule has 0 spiro atoms. The van der Waals surface area contributed by atoms with Crippen molar-refractivity contribution in [2.75, 3.05) is 13.2 Å². The molecule has 2 bridgehead atoms. The summed E-state index contributed by atoms with van der Waals surface area (Å²) in [4.78, 5) is 0. The third kappa shape index (κ3) is 1.56. The zero-order valence-electron chi connectivity index (χ0n) is 7.44. The number of rotatable bonds is 3. The third-order valence-electron chi connectivity index (χ3n) is 3.06. The standard InChI is InChI=1S/C9H13O3Si/c13-9-2-7-6(1-8(9)12-7)11-4-5-3-10-5/h5-9H,1-4H2. The molecule has 0 aromatic heterocycles. The molecule has 71 valence electrons. The number of hydrogen-bond donors (Lipinski definition) is 0. The molecule has 5 unspecified atom stereocenters. The Morgan fingerprint density at radius 1 is 1.31 bits per heavy atom. The van der Waals surface area contributed by atoms with Crippen LogP contribution < -0.4 is 0 Å². The molecule has 3 aliphatic heterocycles. The Balaban J connectivity index is 1.51. The Labute approximate surface area is 81.2 Å². The molecule has 3 nitrogen and oxygen atoms in total. The quantitative estimate of drug-likeness (QED) is 0.481. The Kier molecular flexibility index (Phi) is 1.97. The van der Waals surface area contributed by atoms with Crippen molar-refractivity contribution in [3.8, 4) is 0 Å². The summed E-state index contributed by atoms with van der Waals surface area (Å²) in [6.07, 6.45) is 3.54. The maximum absolute atomic E-state index is 5.74. The van der Waals surface area contributed by atoms with E-state index in [9.17, 15) is 0 Å². The molecule has 13 heavy (non-hydrogen) atoms. The highest BCUT2D eigenvalue weighted by Crippen LogP contribution is 2.42. The summed E-state index contributed by atoms with van der Waals surface area (Å²) in [6.45, 7) is 1.63. The summed E-state index contributed by atoms with van der Waals surface area (Å²) in [6, 6.07) is 0. The van der Waals surface area contributed by atoms with Crippen LogP contribution in [0.5, 0.6) is 0 Å². The average Bonchev–Trinajstić information content (AvgIpc) is 2.77. The maximum Gasteiger partial charge on any atom is 0.104 e. The lowest BCUT2D eigenvalue weighted by Gasteiger charge is -2.21. The predicted octanol–water partition coefficient (Wildman–Crippen LogP) is 0.289. The predicted molar refractivity (Wildman–Crippen MR) is 46.9 cm³/mol. The van der Waals surface area contributed by atoms with Crippen LogP contribution in [-0.2, 0) is 14.2 Å². The Bertz CT molecular complexity index is 205. The first-order valence-corrected chi connectivity index (χ1v) is 5.50. The number of hydrogen-bond acceptors (Lipinski definition) is 3. The summed E-state index contributed by atoms with van der Waals surface area (Å²) in [7, 11) is 3.66. The van der Waals surface area contributed by atoms with Gasteiger partial charge in [-0.05, 0) is 12.0 Å². The summed E-state index contributed by atoms with van der Waals surface area (Å²) in [5.41, 5.74) is 0.544. The molecule has 0 aromatic carbocycles. The first-order valence-electron chi connectivity index (χ1n) is 4.92. The molecule has 0 aromatic rings. The van der Waals surface area contributed by atoms with Crippen LogP contribution in [0.4, 0.5) is 0 Å². The van der Waals surface area contributed by atoms with Crippen LogP contribution in [0.3, 0.4) is 0 Å². The Morgan fingerprint density at radius 3 is 2.69 bits per heavy atom. The first-order chi connectivity index (χ1) is 6.33. The van der Waals surface area contributed by atoms with E-state index in [1.165, 1.54) is 0 Å². The molecule has 0 amide bonds. The fourth-order valence-electron chi connectivity index (χ4n) is 2.19. The van der Waals surface area contributed by atoms with Crippen molar-refractivity contribution in [1.82, 2.24) is 0 Å². The zero-order chi connectivity index (χ0) is 8.84. The largest absolute Gasteiger partial charge is 0.373 e. The van der Waals surface area contributed by atoms with E-state index >= 15 is 0 Å². The van der Waals surface area contributed by atoms with Gasteiger partial charge in [-0.25, -0.2) is 0 Å². The summed E-state index contributed by atoms with van der Waals surface area (Å²) in [5.74, 6) is 0. The monoisotopic (exact) mass is 197 g/mol. The van der Waals surface area contributed by atoms with Crippen molar-refractivity contribution in [2.24, 2.45) is 0 Å². The molecule has 0 N–H and O–H groups in total. The molecule has 3 fully saturated rings. The summed E-state index contributed by atoms with van der Waals surface area (Å²) < 4.78 is 16.6. The van der Waals surface area contributed by atoms with E-state index in [0.717, 1.165) is 26.1 Å². The normalized spacial score (nSPS) is 52.8. The maximum atomic E-state index is 5.74. The molecule has 4 heteroatoms. The van der Waals surface area contributed by atoms with Crippen molar-refractivity contribution < 1.29 is 14.2 Å². The van der Waals surface area contributed by atoms with Crippen LogP contribution in [0.2, 0.25) is 5.54 Å². The topological polar surface area (TPSA) is 31.0 Å². The fraction of sp³-hybridized carbons (Fsp3) is 1.00. The van der Waals surface area contributed by atoms with Crippen LogP contribution >= 0.6 is 0 Å². The van der Waals surface area contributed by atoms with Gasteiger partial charge in [-0.3, -0.25) is 0 Å². The number of ether oxygens (including phenoxy) is 3. The van der Waals surface area contributed by atoms with Crippen molar-refractivity contribution in [1.29, 1.82) is 0 Å². The van der Waals surface area contributed by atoms with Gasteiger partial charge >= 0.3 is 0 Å². The van der Waals surface area contributed by atoms with E-state index in [1.807, 2.05) is 0 Å². The molecular weight excluding hydrogens is 184 g/mol. The Morgan fingerprint density at radius 2 is 2.15 bits per heavy atom. The van der Waals surface area contributed by atoms with Crippen molar-refractivity contribution in [2.45, 2.75) is 42.8 Å². The summed E-state index contributed by atoms with van der Waals surface area (Å²) >= 11 is 0. The van der Waals surface area contributed by atoms with Crippen molar-refractivity contribution in [3.05, 3.63) is 0 Å². The van der Waals surface area contributed by atoms with Crippen LogP contribution in [-0.4, -0.2) is 47.9 Å². The highest BCUT2D eigenvalue weighted by molar-refractivity contribution is 6.12. The second-order valence-corrected chi connectivity index (χ2v) is 4.86. The molecule has 5 atom stereocenters. The second-order valence-electron chi connectivity index (χ2n) is 4.12. The Hall–Kier alpha value is 0.0969. The zero-order valence-corrected chi connectivity index (χ0v) is 8.44. The minimum Gasteiger partial charge on any atom is -0.373 e. The van der Waals surface area contributed by atoms with E-state index in [-0.39, 0.29) is 0 Å². The van der Waals surface area contributed by atoms with Gasteiger partial charge in [-0.1, -0.05) is 0 Å².